The number of hydrogen-bond donors (Lipinski definition) is 0. The van der Waals surface area contributed by atoms with Gasteiger partial charge in [-0.05, 0) is 34.2 Å². The van der Waals surface area contributed by atoms with E-state index in [1.54, 1.807) is 0 Å². The highest BCUT2D eigenvalue weighted by molar-refractivity contribution is 4.84. The first kappa shape index (κ1) is 17.9. The van der Waals surface area contributed by atoms with Gasteiger partial charge in [0.25, 0.3) is 5.97 Å². The van der Waals surface area contributed by atoms with Crippen LogP contribution in [0.3, 0.4) is 0 Å². The quantitative estimate of drug-likeness (QED) is 0.604. The molecule has 0 aliphatic carbocycles. The molecule has 1 aliphatic rings. The molecule has 1 fully saturated rings. The first-order chi connectivity index (χ1) is 9.63. The van der Waals surface area contributed by atoms with E-state index in [0.29, 0.717) is 19.8 Å². The number of rotatable bonds is 9. The predicted molar refractivity (Wildman–Crippen MR) is 80.8 cm³/mol. The molecular weight excluding hydrogens is 256 g/mol. The summed E-state index contributed by atoms with van der Waals surface area (Å²) >= 11 is 0. The maximum absolute atomic E-state index is 5.94. The molecule has 0 bridgehead atoms. The van der Waals surface area contributed by atoms with Crippen molar-refractivity contribution in [3.63, 3.8) is 0 Å². The van der Waals surface area contributed by atoms with Crippen LogP contribution in [-0.4, -0.2) is 74.9 Å². The summed E-state index contributed by atoms with van der Waals surface area (Å²) in [7, 11) is 2.17. The van der Waals surface area contributed by atoms with Crippen molar-refractivity contribution in [1.29, 1.82) is 0 Å². The molecule has 1 unspecified atom stereocenters. The molecule has 0 radical (unpaired) electrons. The van der Waals surface area contributed by atoms with Crippen LogP contribution < -0.4 is 0 Å². The minimum absolute atomic E-state index is 0.135. The third kappa shape index (κ3) is 4.40. The van der Waals surface area contributed by atoms with Gasteiger partial charge in [-0.25, -0.2) is 0 Å². The van der Waals surface area contributed by atoms with Gasteiger partial charge in [-0.15, -0.1) is 0 Å². The lowest BCUT2D eigenvalue weighted by atomic mass is 10.1. The number of nitrogens with zero attached hydrogens (tertiary/aromatic N) is 2. The van der Waals surface area contributed by atoms with Gasteiger partial charge < -0.3 is 19.1 Å². The van der Waals surface area contributed by atoms with Gasteiger partial charge in [0.15, 0.2) is 0 Å². The summed E-state index contributed by atoms with van der Waals surface area (Å²) in [6.07, 6.45) is 0.948. The number of ether oxygens (including phenoxy) is 3. The Labute approximate surface area is 124 Å². The molecule has 20 heavy (non-hydrogen) atoms. The highest BCUT2D eigenvalue weighted by Crippen LogP contribution is 2.28. The SMILES string of the molecule is CCOC(OCC)(OCC)C(CC)N1CCN(C)CC1. The van der Waals surface area contributed by atoms with Crippen LogP contribution in [0.15, 0.2) is 0 Å². The van der Waals surface area contributed by atoms with E-state index in [9.17, 15) is 0 Å². The molecule has 0 N–H and O–H groups in total. The zero-order valence-corrected chi connectivity index (χ0v) is 13.9. The third-order valence-electron chi connectivity index (χ3n) is 3.81. The third-order valence-corrected chi connectivity index (χ3v) is 3.81. The van der Waals surface area contributed by atoms with Gasteiger partial charge in [0.2, 0.25) is 0 Å². The van der Waals surface area contributed by atoms with Crippen LogP contribution in [0.4, 0.5) is 0 Å². The molecule has 1 aliphatic heterocycles. The Hall–Kier alpha value is -0.200. The highest BCUT2D eigenvalue weighted by Gasteiger charge is 2.45. The Morgan fingerprint density at radius 2 is 1.30 bits per heavy atom. The van der Waals surface area contributed by atoms with Gasteiger partial charge in [0.05, 0.1) is 6.04 Å². The summed E-state index contributed by atoms with van der Waals surface area (Å²) in [6.45, 7) is 14.1. The monoisotopic (exact) mass is 288 g/mol. The Morgan fingerprint density at radius 1 is 0.850 bits per heavy atom. The van der Waals surface area contributed by atoms with Crippen molar-refractivity contribution in [2.24, 2.45) is 0 Å². The van der Waals surface area contributed by atoms with Crippen LogP contribution in [0, 0.1) is 0 Å². The zero-order valence-electron chi connectivity index (χ0n) is 13.9. The van der Waals surface area contributed by atoms with E-state index in [0.717, 1.165) is 32.6 Å². The van der Waals surface area contributed by atoms with E-state index in [1.165, 1.54) is 0 Å². The fourth-order valence-electron chi connectivity index (χ4n) is 2.88. The van der Waals surface area contributed by atoms with Crippen LogP contribution in [0.2, 0.25) is 0 Å². The van der Waals surface area contributed by atoms with Crippen molar-refractivity contribution >= 4 is 0 Å². The second kappa shape index (κ2) is 8.95. The maximum Gasteiger partial charge on any atom is 0.299 e. The molecule has 5 nitrogen and oxygen atoms in total. The fraction of sp³-hybridized carbons (Fsp3) is 1.00. The van der Waals surface area contributed by atoms with E-state index >= 15 is 0 Å². The average Bonchev–Trinajstić information content (AvgIpc) is 2.42. The van der Waals surface area contributed by atoms with Gasteiger partial charge in [-0.1, -0.05) is 6.92 Å². The molecule has 1 rings (SSSR count). The summed E-state index contributed by atoms with van der Waals surface area (Å²) in [4.78, 5) is 4.80. The van der Waals surface area contributed by atoms with Crippen molar-refractivity contribution in [2.75, 3.05) is 53.0 Å². The lowest BCUT2D eigenvalue weighted by molar-refractivity contribution is -0.401. The molecule has 0 saturated carbocycles. The number of piperazine rings is 1. The Kier molecular flexibility index (Phi) is 7.99. The van der Waals surface area contributed by atoms with Crippen LogP contribution in [0.25, 0.3) is 0 Å². The first-order valence-corrected chi connectivity index (χ1v) is 7.97. The van der Waals surface area contributed by atoms with Crippen molar-refractivity contribution in [3.05, 3.63) is 0 Å². The molecule has 1 saturated heterocycles. The molecule has 5 heteroatoms. The fourth-order valence-corrected chi connectivity index (χ4v) is 2.88. The van der Waals surface area contributed by atoms with Crippen LogP contribution in [0.5, 0.6) is 0 Å². The topological polar surface area (TPSA) is 34.2 Å². The molecule has 0 aromatic heterocycles. The summed E-state index contributed by atoms with van der Waals surface area (Å²) in [5.74, 6) is -0.928. The molecule has 0 aromatic carbocycles. The molecule has 0 amide bonds. The average molecular weight is 288 g/mol. The van der Waals surface area contributed by atoms with E-state index in [-0.39, 0.29) is 6.04 Å². The van der Waals surface area contributed by atoms with Gasteiger partial charge in [-0.3, -0.25) is 4.90 Å². The van der Waals surface area contributed by atoms with Crippen LogP contribution in [0.1, 0.15) is 34.1 Å². The Balaban J connectivity index is 2.87. The van der Waals surface area contributed by atoms with Gasteiger partial charge in [-0.2, -0.15) is 0 Å². The lowest BCUT2D eigenvalue weighted by Crippen LogP contribution is -2.61. The predicted octanol–water partition coefficient (Wildman–Crippen LogP) is 1.78. The minimum atomic E-state index is -0.928. The lowest BCUT2D eigenvalue weighted by Gasteiger charge is -2.46. The van der Waals surface area contributed by atoms with Crippen molar-refractivity contribution in [1.82, 2.24) is 9.80 Å². The molecule has 0 aromatic rings. The van der Waals surface area contributed by atoms with Crippen LogP contribution >= 0.6 is 0 Å². The summed E-state index contributed by atoms with van der Waals surface area (Å²) < 4.78 is 17.8. The number of hydrogen-bond acceptors (Lipinski definition) is 5. The van der Waals surface area contributed by atoms with E-state index < -0.39 is 5.97 Å². The van der Waals surface area contributed by atoms with Crippen LogP contribution in [-0.2, 0) is 14.2 Å². The molecule has 120 valence electrons. The molecule has 0 spiro atoms. The largest absolute Gasteiger partial charge is 0.327 e. The molecule has 1 heterocycles. The maximum atomic E-state index is 5.94. The zero-order chi connectivity index (χ0) is 15.0. The Morgan fingerprint density at radius 3 is 1.65 bits per heavy atom. The van der Waals surface area contributed by atoms with Crippen molar-refractivity contribution in [3.8, 4) is 0 Å². The second-order valence-electron chi connectivity index (χ2n) is 5.17. The van der Waals surface area contributed by atoms with E-state index in [4.69, 9.17) is 14.2 Å². The summed E-state index contributed by atoms with van der Waals surface area (Å²) in [6, 6.07) is 0.135. The van der Waals surface area contributed by atoms with E-state index in [1.807, 2.05) is 20.8 Å². The van der Waals surface area contributed by atoms with Gasteiger partial charge in [0, 0.05) is 46.0 Å². The second-order valence-corrected chi connectivity index (χ2v) is 5.17. The summed E-state index contributed by atoms with van der Waals surface area (Å²) in [5, 5.41) is 0. The Bertz CT molecular complexity index is 238. The first-order valence-electron chi connectivity index (χ1n) is 7.97. The van der Waals surface area contributed by atoms with Gasteiger partial charge >= 0.3 is 0 Å². The highest BCUT2D eigenvalue weighted by atomic mass is 16.9. The minimum Gasteiger partial charge on any atom is -0.327 e. The number of likely N-dealkylation sites (N-methyl/N-ethyl adjacent to an activating group) is 1. The normalized spacial score (nSPS) is 20.2. The van der Waals surface area contributed by atoms with Crippen molar-refractivity contribution < 1.29 is 14.2 Å². The molecule has 1 atom stereocenters. The summed E-state index contributed by atoms with van der Waals surface area (Å²) in [5.41, 5.74) is 0. The van der Waals surface area contributed by atoms with Crippen molar-refractivity contribution in [2.45, 2.75) is 46.1 Å². The smallest absolute Gasteiger partial charge is 0.299 e. The van der Waals surface area contributed by atoms with E-state index in [2.05, 4.69) is 23.8 Å². The van der Waals surface area contributed by atoms with Gasteiger partial charge in [0.1, 0.15) is 0 Å². The standard InChI is InChI=1S/C15H32N2O3/c1-6-14(17-12-10-16(5)11-13-17)15(18-7-2,19-8-3)20-9-4/h14H,6-13H2,1-5H3. The molecular formula is C15H32N2O3.